The van der Waals surface area contributed by atoms with Gasteiger partial charge in [0.1, 0.15) is 6.29 Å². The average Bonchev–Trinajstić information content (AvgIpc) is 2.27. The molecule has 0 heterocycles. The summed E-state index contributed by atoms with van der Waals surface area (Å²) < 4.78 is 0. The molecule has 15 heavy (non-hydrogen) atoms. The van der Waals surface area contributed by atoms with Gasteiger partial charge in [0.05, 0.1) is 0 Å². The van der Waals surface area contributed by atoms with Gasteiger partial charge in [-0.05, 0) is 25.0 Å². The quantitative estimate of drug-likeness (QED) is 0.452. The van der Waals surface area contributed by atoms with Gasteiger partial charge in [0.25, 0.3) is 0 Å². The Morgan fingerprint density at radius 3 is 2.53 bits per heavy atom. The van der Waals surface area contributed by atoms with Crippen molar-refractivity contribution in [2.24, 2.45) is 5.92 Å². The fourth-order valence-electron chi connectivity index (χ4n) is 1.72. The fourth-order valence-corrected chi connectivity index (χ4v) is 2.77. The first-order valence-electron chi connectivity index (χ1n) is 5.77. The molecule has 3 atom stereocenters. The predicted molar refractivity (Wildman–Crippen MR) is 70.9 cm³/mol. The summed E-state index contributed by atoms with van der Waals surface area (Å²) in [4.78, 5) is 10.4. The van der Waals surface area contributed by atoms with Gasteiger partial charge in [-0.1, -0.05) is 26.7 Å². The van der Waals surface area contributed by atoms with Crippen molar-refractivity contribution in [3.63, 3.8) is 0 Å². The Morgan fingerprint density at radius 2 is 2.07 bits per heavy atom. The molecule has 0 aliphatic heterocycles. The Morgan fingerprint density at radius 1 is 1.40 bits per heavy atom. The van der Waals surface area contributed by atoms with E-state index in [1.54, 1.807) is 0 Å². The van der Waals surface area contributed by atoms with Crippen LogP contribution in [0.25, 0.3) is 0 Å². The van der Waals surface area contributed by atoms with Crippen LogP contribution in [-0.2, 0) is 4.79 Å². The van der Waals surface area contributed by atoms with Crippen LogP contribution in [0.4, 0.5) is 0 Å². The summed E-state index contributed by atoms with van der Waals surface area (Å²) in [6.07, 6.45) is 8.27. The van der Waals surface area contributed by atoms with Crippen molar-refractivity contribution in [1.29, 1.82) is 0 Å². The lowest BCUT2D eigenvalue weighted by Crippen LogP contribution is -2.24. The lowest BCUT2D eigenvalue weighted by molar-refractivity contribution is -0.108. The van der Waals surface area contributed by atoms with Crippen molar-refractivity contribution in [2.45, 2.75) is 56.6 Å². The van der Waals surface area contributed by atoms with Crippen molar-refractivity contribution in [2.75, 3.05) is 6.26 Å². The highest BCUT2D eigenvalue weighted by atomic mass is 35.5. The molecule has 3 heteroatoms. The first-order valence-corrected chi connectivity index (χ1v) is 7.50. The molecule has 0 rings (SSSR count). The average molecular weight is 251 g/mol. The minimum Gasteiger partial charge on any atom is -0.303 e. The van der Waals surface area contributed by atoms with E-state index in [1.807, 2.05) is 11.8 Å². The zero-order valence-corrected chi connectivity index (χ0v) is 11.6. The van der Waals surface area contributed by atoms with Gasteiger partial charge in [-0.3, -0.25) is 0 Å². The molecule has 0 fully saturated rings. The summed E-state index contributed by atoms with van der Waals surface area (Å²) in [5.74, 6) is 0.499. The number of halogens is 1. The van der Waals surface area contributed by atoms with Crippen LogP contribution >= 0.6 is 23.4 Å². The topological polar surface area (TPSA) is 17.1 Å². The van der Waals surface area contributed by atoms with Gasteiger partial charge in [-0.25, -0.2) is 0 Å². The summed E-state index contributed by atoms with van der Waals surface area (Å²) in [6.45, 7) is 4.36. The first-order chi connectivity index (χ1) is 7.17. The SMILES string of the molecule is CCCCC(CCC=O)C(Cl)C(C)SC. The zero-order valence-electron chi connectivity index (χ0n) is 10.0. The van der Waals surface area contributed by atoms with E-state index in [0.717, 1.165) is 19.1 Å². The number of hydrogen-bond donors (Lipinski definition) is 0. The van der Waals surface area contributed by atoms with E-state index in [0.29, 0.717) is 17.6 Å². The molecule has 0 amide bonds. The second-order valence-corrected chi connectivity index (χ2v) is 5.75. The summed E-state index contributed by atoms with van der Waals surface area (Å²) in [5.41, 5.74) is 0. The molecule has 0 aliphatic rings. The number of rotatable bonds is 9. The van der Waals surface area contributed by atoms with Crippen molar-refractivity contribution in [3.05, 3.63) is 0 Å². The third kappa shape index (κ3) is 6.47. The van der Waals surface area contributed by atoms with E-state index < -0.39 is 0 Å². The highest BCUT2D eigenvalue weighted by Crippen LogP contribution is 2.29. The van der Waals surface area contributed by atoms with Crippen molar-refractivity contribution in [3.8, 4) is 0 Å². The number of carbonyl (C=O) groups excluding carboxylic acids is 1. The van der Waals surface area contributed by atoms with Gasteiger partial charge >= 0.3 is 0 Å². The van der Waals surface area contributed by atoms with E-state index in [9.17, 15) is 4.79 Å². The summed E-state index contributed by atoms with van der Waals surface area (Å²) >= 11 is 8.24. The number of hydrogen-bond acceptors (Lipinski definition) is 2. The molecule has 0 N–H and O–H groups in total. The van der Waals surface area contributed by atoms with Crippen molar-refractivity contribution < 1.29 is 4.79 Å². The van der Waals surface area contributed by atoms with Crippen LogP contribution in [0.15, 0.2) is 0 Å². The lowest BCUT2D eigenvalue weighted by Gasteiger charge is -2.25. The molecule has 90 valence electrons. The van der Waals surface area contributed by atoms with Crippen LogP contribution < -0.4 is 0 Å². The Labute approximate surface area is 103 Å². The van der Waals surface area contributed by atoms with Crippen LogP contribution in [0, 0.1) is 5.92 Å². The van der Waals surface area contributed by atoms with Crippen molar-refractivity contribution in [1.82, 2.24) is 0 Å². The summed E-state index contributed by atoms with van der Waals surface area (Å²) in [5, 5.41) is 0.673. The van der Waals surface area contributed by atoms with Gasteiger partial charge < -0.3 is 4.79 Å². The van der Waals surface area contributed by atoms with Crippen LogP contribution in [0.2, 0.25) is 0 Å². The number of aldehydes is 1. The molecule has 0 aliphatic carbocycles. The molecule has 1 nitrogen and oxygen atoms in total. The van der Waals surface area contributed by atoms with E-state index in [-0.39, 0.29) is 5.38 Å². The van der Waals surface area contributed by atoms with Crippen LogP contribution in [0.5, 0.6) is 0 Å². The van der Waals surface area contributed by atoms with E-state index >= 15 is 0 Å². The maximum absolute atomic E-state index is 10.4. The van der Waals surface area contributed by atoms with Gasteiger partial charge in [0, 0.05) is 17.0 Å². The Balaban J connectivity index is 4.12. The lowest BCUT2D eigenvalue weighted by atomic mass is 9.92. The number of alkyl halides is 1. The first kappa shape index (κ1) is 15.3. The molecular weight excluding hydrogens is 228 g/mol. The number of thioether (sulfide) groups is 1. The largest absolute Gasteiger partial charge is 0.303 e. The molecule has 0 spiro atoms. The molecule has 0 saturated heterocycles. The molecule has 0 aromatic heterocycles. The highest BCUT2D eigenvalue weighted by molar-refractivity contribution is 7.99. The molecule has 0 radical (unpaired) electrons. The van der Waals surface area contributed by atoms with Crippen LogP contribution in [0.3, 0.4) is 0 Å². The van der Waals surface area contributed by atoms with Gasteiger partial charge in [0.2, 0.25) is 0 Å². The van der Waals surface area contributed by atoms with E-state index in [2.05, 4.69) is 20.1 Å². The van der Waals surface area contributed by atoms with Crippen LogP contribution in [-0.4, -0.2) is 23.2 Å². The minimum atomic E-state index is 0.200. The second-order valence-electron chi connectivity index (χ2n) is 4.03. The minimum absolute atomic E-state index is 0.200. The Bertz CT molecular complexity index is 164. The molecule has 0 aromatic rings. The zero-order chi connectivity index (χ0) is 11.7. The molecule has 0 bridgehead atoms. The maximum Gasteiger partial charge on any atom is 0.120 e. The standard InChI is InChI=1S/C12H23ClOS/c1-4-5-7-11(8-6-9-14)12(13)10(2)15-3/h9-12H,4-8H2,1-3H3. The van der Waals surface area contributed by atoms with Gasteiger partial charge in [-0.2, -0.15) is 11.8 Å². The van der Waals surface area contributed by atoms with Crippen molar-refractivity contribution >= 4 is 29.6 Å². The molecule has 3 unspecified atom stereocenters. The molecule has 0 aromatic carbocycles. The third-order valence-corrected chi connectivity index (χ3v) is 4.77. The Kier molecular flexibility index (Phi) is 9.73. The third-order valence-electron chi connectivity index (χ3n) is 2.85. The summed E-state index contributed by atoms with van der Waals surface area (Å²) in [7, 11) is 0. The van der Waals surface area contributed by atoms with Gasteiger partial charge in [-0.15, -0.1) is 11.6 Å². The monoisotopic (exact) mass is 250 g/mol. The van der Waals surface area contributed by atoms with E-state index in [4.69, 9.17) is 11.6 Å². The molecular formula is C12H23ClOS. The summed E-state index contributed by atoms with van der Waals surface area (Å²) in [6, 6.07) is 0. The number of carbonyl (C=O) groups is 1. The van der Waals surface area contributed by atoms with E-state index in [1.165, 1.54) is 12.8 Å². The second kappa shape index (κ2) is 9.53. The van der Waals surface area contributed by atoms with Gasteiger partial charge in [0.15, 0.2) is 0 Å². The fraction of sp³-hybridized carbons (Fsp3) is 0.917. The smallest absolute Gasteiger partial charge is 0.120 e. The normalized spacial score (nSPS) is 17.1. The number of unbranched alkanes of at least 4 members (excludes halogenated alkanes) is 1. The Hall–Kier alpha value is 0.310. The maximum atomic E-state index is 10.4. The highest BCUT2D eigenvalue weighted by Gasteiger charge is 2.23. The predicted octanol–water partition coefficient (Wildman–Crippen LogP) is 4.13. The van der Waals surface area contributed by atoms with Crippen LogP contribution in [0.1, 0.15) is 46.0 Å². The molecule has 0 saturated carbocycles.